The van der Waals surface area contributed by atoms with Gasteiger partial charge in [-0.05, 0) is 24.3 Å². The maximum absolute atomic E-state index is 12.9. The molecular formula is C17H15ClN2O4S. The molecule has 0 amide bonds. The lowest BCUT2D eigenvalue weighted by atomic mass is 10.2. The summed E-state index contributed by atoms with van der Waals surface area (Å²) in [7, 11) is -0.830. The van der Waals surface area contributed by atoms with Crippen molar-refractivity contribution in [2.45, 2.75) is 4.90 Å². The van der Waals surface area contributed by atoms with Crippen molar-refractivity contribution < 1.29 is 17.9 Å². The highest BCUT2D eigenvalue weighted by molar-refractivity contribution is 7.90. The number of halogens is 1. The summed E-state index contributed by atoms with van der Waals surface area (Å²) < 4.78 is 37.4. The number of benzene rings is 2. The molecule has 0 spiro atoms. The standard InChI is InChI=1S/C17H15ClN2O4S/c1-23-15-11-12(10-14(18)16(15)24-2)17-19-8-9-20(17)25(21,22)13-6-4-3-5-7-13/h3-11H,1-2H3. The van der Waals surface area contributed by atoms with Crippen LogP contribution in [0.2, 0.25) is 5.02 Å². The molecule has 0 aliphatic rings. The molecule has 3 aromatic rings. The highest BCUT2D eigenvalue weighted by Gasteiger charge is 2.22. The number of hydrogen-bond donors (Lipinski definition) is 0. The fourth-order valence-electron chi connectivity index (χ4n) is 2.44. The second-order valence-corrected chi connectivity index (χ2v) is 7.28. The summed E-state index contributed by atoms with van der Waals surface area (Å²) in [4.78, 5) is 4.35. The van der Waals surface area contributed by atoms with Crippen LogP contribution in [0.5, 0.6) is 11.5 Å². The SMILES string of the molecule is COc1cc(-c2nccn2S(=O)(=O)c2ccccc2)cc(Cl)c1OC. The van der Waals surface area contributed by atoms with Gasteiger partial charge >= 0.3 is 0 Å². The van der Waals surface area contributed by atoms with Gasteiger partial charge in [-0.15, -0.1) is 0 Å². The number of aromatic nitrogens is 2. The van der Waals surface area contributed by atoms with E-state index in [9.17, 15) is 8.42 Å². The van der Waals surface area contributed by atoms with Crippen LogP contribution in [0.1, 0.15) is 0 Å². The Bertz CT molecular complexity index is 1000. The number of nitrogens with zero attached hydrogens (tertiary/aromatic N) is 2. The summed E-state index contributed by atoms with van der Waals surface area (Å²) in [6.45, 7) is 0. The Kier molecular flexibility index (Phi) is 4.69. The molecule has 2 aromatic carbocycles. The zero-order valence-corrected chi connectivity index (χ0v) is 15.1. The molecule has 0 saturated carbocycles. The lowest BCUT2D eigenvalue weighted by molar-refractivity contribution is 0.355. The maximum atomic E-state index is 12.9. The van der Waals surface area contributed by atoms with Gasteiger partial charge in [0, 0.05) is 18.0 Å². The number of rotatable bonds is 5. The predicted octanol–water partition coefficient (Wildman–Crippen LogP) is 3.46. The number of methoxy groups -OCH3 is 2. The second-order valence-electron chi connectivity index (χ2n) is 5.06. The molecule has 0 radical (unpaired) electrons. The minimum atomic E-state index is -3.78. The van der Waals surface area contributed by atoms with E-state index < -0.39 is 10.0 Å². The first-order chi connectivity index (χ1) is 12.0. The van der Waals surface area contributed by atoms with Crippen LogP contribution >= 0.6 is 11.6 Å². The van der Waals surface area contributed by atoms with Gasteiger partial charge in [0.05, 0.1) is 24.1 Å². The fraction of sp³-hybridized carbons (Fsp3) is 0.118. The Morgan fingerprint density at radius 2 is 1.80 bits per heavy atom. The third-order valence-electron chi connectivity index (χ3n) is 3.60. The Morgan fingerprint density at radius 1 is 1.08 bits per heavy atom. The van der Waals surface area contributed by atoms with Crippen LogP contribution in [-0.2, 0) is 10.0 Å². The Labute approximate surface area is 150 Å². The van der Waals surface area contributed by atoms with Gasteiger partial charge in [-0.3, -0.25) is 0 Å². The first-order valence-corrected chi connectivity index (χ1v) is 9.06. The molecule has 1 aromatic heterocycles. The van der Waals surface area contributed by atoms with Crippen molar-refractivity contribution >= 4 is 21.6 Å². The van der Waals surface area contributed by atoms with Crippen molar-refractivity contribution in [3.8, 4) is 22.9 Å². The molecule has 25 heavy (non-hydrogen) atoms. The van der Waals surface area contributed by atoms with Gasteiger partial charge in [-0.2, -0.15) is 0 Å². The van der Waals surface area contributed by atoms with E-state index in [1.54, 1.807) is 30.3 Å². The highest BCUT2D eigenvalue weighted by Crippen LogP contribution is 2.39. The van der Waals surface area contributed by atoms with Gasteiger partial charge in [0.2, 0.25) is 0 Å². The van der Waals surface area contributed by atoms with Crippen LogP contribution < -0.4 is 9.47 Å². The van der Waals surface area contributed by atoms with E-state index >= 15 is 0 Å². The number of hydrogen-bond acceptors (Lipinski definition) is 5. The molecule has 0 unspecified atom stereocenters. The summed E-state index contributed by atoms with van der Waals surface area (Å²) in [5.74, 6) is 0.986. The molecule has 1 heterocycles. The van der Waals surface area contributed by atoms with Crippen LogP contribution in [0.4, 0.5) is 0 Å². The number of ether oxygens (including phenoxy) is 2. The van der Waals surface area contributed by atoms with Gasteiger partial charge in [0.25, 0.3) is 10.0 Å². The second kappa shape index (κ2) is 6.78. The summed E-state index contributed by atoms with van der Waals surface area (Å²) in [5.41, 5.74) is 0.493. The average Bonchev–Trinajstić information content (AvgIpc) is 3.12. The van der Waals surface area contributed by atoms with E-state index in [0.717, 1.165) is 3.97 Å². The van der Waals surface area contributed by atoms with Crippen molar-refractivity contribution in [2.24, 2.45) is 0 Å². The largest absolute Gasteiger partial charge is 0.493 e. The molecule has 130 valence electrons. The van der Waals surface area contributed by atoms with Crippen LogP contribution in [0.15, 0.2) is 59.8 Å². The molecule has 0 N–H and O–H groups in total. The van der Waals surface area contributed by atoms with Gasteiger partial charge in [0.15, 0.2) is 17.3 Å². The van der Waals surface area contributed by atoms with Crippen LogP contribution in [-0.4, -0.2) is 31.6 Å². The van der Waals surface area contributed by atoms with Crippen LogP contribution in [0.25, 0.3) is 11.4 Å². The van der Waals surface area contributed by atoms with E-state index in [1.165, 1.54) is 38.7 Å². The van der Waals surface area contributed by atoms with Crippen LogP contribution in [0.3, 0.4) is 0 Å². The molecule has 6 nitrogen and oxygen atoms in total. The summed E-state index contributed by atoms with van der Waals surface area (Å²) in [6, 6.07) is 11.4. The molecule has 0 atom stereocenters. The zero-order valence-electron chi connectivity index (χ0n) is 13.5. The summed E-state index contributed by atoms with van der Waals surface area (Å²) >= 11 is 6.22. The Morgan fingerprint density at radius 3 is 2.44 bits per heavy atom. The monoisotopic (exact) mass is 378 g/mol. The quantitative estimate of drug-likeness (QED) is 0.680. The van der Waals surface area contributed by atoms with Crippen molar-refractivity contribution in [3.05, 3.63) is 59.9 Å². The number of imidazole rings is 1. The first-order valence-electron chi connectivity index (χ1n) is 7.25. The van der Waals surface area contributed by atoms with Gasteiger partial charge in [0.1, 0.15) is 0 Å². The minimum Gasteiger partial charge on any atom is -0.493 e. The lowest BCUT2D eigenvalue weighted by Gasteiger charge is -2.13. The van der Waals surface area contributed by atoms with E-state index in [2.05, 4.69) is 4.98 Å². The Balaban J connectivity index is 2.17. The molecule has 3 rings (SSSR count). The highest BCUT2D eigenvalue weighted by atomic mass is 35.5. The smallest absolute Gasteiger partial charge is 0.269 e. The topological polar surface area (TPSA) is 70.4 Å². The lowest BCUT2D eigenvalue weighted by Crippen LogP contribution is -2.13. The van der Waals surface area contributed by atoms with E-state index in [1.807, 2.05) is 0 Å². The molecule has 0 aliphatic heterocycles. The molecule has 0 aliphatic carbocycles. The third kappa shape index (κ3) is 3.08. The van der Waals surface area contributed by atoms with Crippen LogP contribution in [0, 0.1) is 0 Å². The van der Waals surface area contributed by atoms with Crippen molar-refractivity contribution in [2.75, 3.05) is 14.2 Å². The predicted molar refractivity (Wildman–Crippen MR) is 94.8 cm³/mol. The third-order valence-corrected chi connectivity index (χ3v) is 5.56. The molecule has 8 heteroatoms. The van der Waals surface area contributed by atoms with Crippen molar-refractivity contribution in [1.29, 1.82) is 0 Å². The van der Waals surface area contributed by atoms with Gasteiger partial charge in [-0.25, -0.2) is 17.4 Å². The average molecular weight is 379 g/mol. The van der Waals surface area contributed by atoms with E-state index in [-0.39, 0.29) is 10.7 Å². The fourth-order valence-corrected chi connectivity index (χ4v) is 4.05. The molecule has 0 fully saturated rings. The normalized spacial score (nSPS) is 11.3. The molecule has 0 saturated heterocycles. The zero-order chi connectivity index (χ0) is 18.0. The van der Waals surface area contributed by atoms with E-state index in [4.69, 9.17) is 21.1 Å². The Hall–Kier alpha value is -2.51. The first kappa shape index (κ1) is 17.3. The minimum absolute atomic E-state index is 0.167. The summed E-state index contributed by atoms with van der Waals surface area (Å²) in [6.07, 6.45) is 2.81. The van der Waals surface area contributed by atoms with Crippen molar-refractivity contribution in [3.63, 3.8) is 0 Å². The van der Waals surface area contributed by atoms with E-state index in [0.29, 0.717) is 22.1 Å². The van der Waals surface area contributed by atoms with Gasteiger partial charge < -0.3 is 9.47 Å². The summed E-state index contributed by atoms with van der Waals surface area (Å²) in [5, 5.41) is 0.295. The molecular weight excluding hydrogens is 364 g/mol. The van der Waals surface area contributed by atoms with Gasteiger partial charge in [-0.1, -0.05) is 29.8 Å². The van der Waals surface area contributed by atoms with Crippen molar-refractivity contribution in [1.82, 2.24) is 8.96 Å². The molecule has 0 bridgehead atoms. The maximum Gasteiger partial charge on any atom is 0.269 e.